The van der Waals surface area contributed by atoms with E-state index in [0.717, 1.165) is 17.7 Å². The molecule has 0 spiro atoms. The summed E-state index contributed by atoms with van der Waals surface area (Å²) < 4.78 is 38.4. The van der Waals surface area contributed by atoms with E-state index in [1.165, 1.54) is 18.2 Å². The SMILES string of the molecule is CCNC(=O)[C@@H](NC(=O)[C@H](C)NC[C@H](Cc1ccccc1)NC(=O)c1cccc(C(=O)NCCc2ccc(C(F)(F)F)cc2)c1)C(C)C. The maximum absolute atomic E-state index is 13.4. The van der Waals surface area contributed by atoms with Crippen molar-refractivity contribution in [1.82, 2.24) is 26.6 Å². The van der Waals surface area contributed by atoms with Crippen molar-refractivity contribution in [3.05, 3.63) is 107 Å². The summed E-state index contributed by atoms with van der Waals surface area (Å²) in [5.74, 6) is -1.55. The number of alkyl halides is 3. The highest BCUT2D eigenvalue weighted by atomic mass is 19.4. The van der Waals surface area contributed by atoms with E-state index < -0.39 is 41.7 Å². The molecule has 3 atom stereocenters. The van der Waals surface area contributed by atoms with E-state index in [9.17, 15) is 32.3 Å². The van der Waals surface area contributed by atoms with Crippen molar-refractivity contribution in [3.8, 4) is 0 Å². The third kappa shape index (κ3) is 11.8. The van der Waals surface area contributed by atoms with Crippen LogP contribution in [0.2, 0.25) is 0 Å². The Hall–Kier alpha value is -4.71. The van der Waals surface area contributed by atoms with Crippen LogP contribution in [0.15, 0.2) is 78.9 Å². The fraction of sp³-hybridized carbons (Fsp3) is 0.389. The predicted molar refractivity (Wildman–Crippen MR) is 178 cm³/mol. The van der Waals surface area contributed by atoms with Crippen molar-refractivity contribution < 1.29 is 32.3 Å². The first-order chi connectivity index (χ1) is 22.8. The molecule has 5 N–H and O–H groups in total. The van der Waals surface area contributed by atoms with Crippen molar-refractivity contribution >= 4 is 23.6 Å². The highest BCUT2D eigenvalue weighted by Gasteiger charge is 2.30. The molecule has 0 bridgehead atoms. The van der Waals surface area contributed by atoms with Gasteiger partial charge in [0.25, 0.3) is 11.8 Å². The molecule has 0 heterocycles. The number of nitrogens with one attached hydrogen (secondary N) is 5. The number of hydrogen-bond donors (Lipinski definition) is 5. The van der Waals surface area contributed by atoms with Gasteiger partial charge >= 0.3 is 6.18 Å². The number of hydrogen-bond acceptors (Lipinski definition) is 5. The average Bonchev–Trinajstić information content (AvgIpc) is 3.06. The molecule has 3 aromatic rings. The summed E-state index contributed by atoms with van der Waals surface area (Å²) in [4.78, 5) is 51.6. The first kappa shape index (κ1) is 37.7. The van der Waals surface area contributed by atoms with E-state index >= 15 is 0 Å². The Kier molecular flexibility index (Phi) is 14.2. The second-order valence-corrected chi connectivity index (χ2v) is 11.9. The fourth-order valence-electron chi connectivity index (χ4n) is 4.94. The summed E-state index contributed by atoms with van der Waals surface area (Å²) in [6, 6.07) is 18.8. The number of benzene rings is 3. The van der Waals surface area contributed by atoms with Crippen LogP contribution in [0.3, 0.4) is 0 Å². The zero-order valence-electron chi connectivity index (χ0n) is 27.6. The van der Waals surface area contributed by atoms with Gasteiger partial charge in [-0.15, -0.1) is 0 Å². The maximum Gasteiger partial charge on any atom is 0.416 e. The van der Waals surface area contributed by atoms with Gasteiger partial charge in [0.15, 0.2) is 0 Å². The Morgan fingerprint density at radius 1 is 0.729 bits per heavy atom. The van der Waals surface area contributed by atoms with Crippen LogP contribution in [0.4, 0.5) is 13.2 Å². The molecule has 0 aliphatic carbocycles. The van der Waals surface area contributed by atoms with Crippen LogP contribution in [-0.2, 0) is 28.6 Å². The molecular weight excluding hydrogens is 623 g/mol. The summed E-state index contributed by atoms with van der Waals surface area (Å²) >= 11 is 0. The van der Waals surface area contributed by atoms with Crippen LogP contribution in [0.5, 0.6) is 0 Å². The predicted octanol–water partition coefficient (Wildman–Crippen LogP) is 4.27. The summed E-state index contributed by atoms with van der Waals surface area (Å²) in [7, 11) is 0. The van der Waals surface area contributed by atoms with Crippen LogP contribution >= 0.6 is 0 Å². The van der Waals surface area contributed by atoms with E-state index in [2.05, 4.69) is 26.6 Å². The standard InChI is InChI=1S/C36H44F3N5O4/c1-5-40-35(48)31(23(2)3)44-32(45)24(4)42-22-30(20-26-10-7-6-8-11-26)43-34(47)28-13-9-12-27(21-28)33(46)41-19-18-25-14-16-29(17-15-25)36(37,38)39/h6-17,21,23-24,30-31,42H,5,18-20,22H2,1-4H3,(H,40,48)(H,41,46)(H,43,47)(H,44,45)/t24-,30-,31-/m0/s1. The van der Waals surface area contributed by atoms with Gasteiger partial charge in [-0.25, -0.2) is 0 Å². The molecule has 0 saturated heterocycles. The van der Waals surface area contributed by atoms with Gasteiger partial charge in [-0.1, -0.05) is 62.4 Å². The molecule has 9 nitrogen and oxygen atoms in total. The quantitative estimate of drug-likeness (QED) is 0.156. The largest absolute Gasteiger partial charge is 0.416 e. The zero-order chi connectivity index (χ0) is 35.3. The first-order valence-corrected chi connectivity index (χ1v) is 16.0. The van der Waals surface area contributed by atoms with E-state index in [-0.39, 0.29) is 41.9 Å². The van der Waals surface area contributed by atoms with Gasteiger partial charge in [0, 0.05) is 36.8 Å². The zero-order valence-corrected chi connectivity index (χ0v) is 27.6. The summed E-state index contributed by atoms with van der Waals surface area (Å²) in [6.07, 6.45) is -3.62. The van der Waals surface area contributed by atoms with Gasteiger partial charge in [0.2, 0.25) is 11.8 Å². The summed E-state index contributed by atoms with van der Waals surface area (Å²) in [5, 5.41) is 14.5. The summed E-state index contributed by atoms with van der Waals surface area (Å²) in [5.41, 5.74) is 1.39. The molecule has 3 rings (SSSR count). The smallest absolute Gasteiger partial charge is 0.355 e. The molecule has 0 fully saturated rings. The van der Waals surface area contributed by atoms with Gasteiger partial charge in [-0.3, -0.25) is 19.2 Å². The lowest BCUT2D eigenvalue weighted by Gasteiger charge is -2.25. The molecule has 0 unspecified atom stereocenters. The Morgan fingerprint density at radius 3 is 1.98 bits per heavy atom. The number of amides is 4. The number of halogens is 3. The Morgan fingerprint density at radius 2 is 1.38 bits per heavy atom. The number of carbonyl (C=O) groups is 4. The van der Waals surface area contributed by atoms with Crippen molar-refractivity contribution in [2.75, 3.05) is 19.6 Å². The minimum atomic E-state index is -4.41. The average molecular weight is 668 g/mol. The number of likely N-dealkylation sites (N-methyl/N-ethyl adjacent to an activating group) is 1. The molecule has 0 aromatic heterocycles. The third-order valence-electron chi connectivity index (χ3n) is 7.69. The lowest BCUT2D eigenvalue weighted by atomic mass is 10.0. The molecule has 0 radical (unpaired) electrons. The van der Waals surface area contributed by atoms with Crippen LogP contribution in [0.1, 0.15) is 65.1 Å². The van der Waals surface area contributed by atoms with Crippen LogP contribution in [0.25, 0.3) is 0 Å². The van der Waals surface area contributed by atoms with Crippen LogP contribution in [0, 0.1) is 5.92 Å². The Bertz CT molecular complexity index is 1510. The van der Waals surface area contributed by atoms with E-state index in [1.54, 1.807) is 25.1 Å². The van der Waals surface area contributed by atoms with Gasteiger partial charge in [-0.2, -0.15) is 13.2 Å². The fourth-order valence-corrected chi connectivity index (χ4v) is 4.94. The van der Waals surface area contributed by atoms with E-state index in [1.807, 2.05) is 51.1 Å². The van der Waals surface area contributed by atoms with Crippen LogP contribution in [-0.4, -0.2) is 61.4 Å². The molecule has 258 valence electrons. The molecule has 0 aliphatic heterocycles. The number of carbonyl (C=O) groups excluding carboxylic acids is 4. The van der Waals surface area contributed by atoms with E-state index in [4.69, 9.17) is 0 Å². The first-order valence-electron chi connectivity index (χ1n) is 16.0. The van der Waals surface area contributed by atoms with Crippen molar-refractivity contribution in [3.63, 3.8) is 0 Å². The van der Waals surface area contributed by atoms with Gasteiger partial charge in [0.05, 0.1) is 11.6 Å². The Balaban J connectivity index is 1.62. The highest BCUT2D eigenvalue weighted by Crippen LogP contribution is 2.29. The highest BCUT2D eigenvalue weighted by molar-refractivity contribution is 5.99. The second-order valence-electron chi connectivity index (χ2n) is 11.9. The Labute approximate surface area is 279 Å². The maximum atomic E-state index is 13.4. The topological polar surface area (TPSA) is 128 Å². The molecular formula is C36H44F3N5O4. The molecule has 12 heteroatoms. The van der Waals surface area contributed by atoms with Crippen molar-refractivity contribution in [1.29, 1.82) is 0 Å². The lowest BCUT2D eigenvalue weighted by molar-refractivity contribution is -0.137. The minimum absolute atomic E-state index is 0.116. The molecule has 3 aromatic carbocycles. The van der Waals surface area contributed by atoms with Crippen LogP contribution < -0.4 is 26.6 Å². The van der Waals surface area contributed by atoms with E-state index in [0.29, 0.717) is 24.9 Å². The molecule has 0 saturated carbocycles. The summed E-state index contributed by atoms with van der Waals surface area (Å²) in [6.45, 7) is 8.09. The molecule has 4 amide bonds. The second kappa shape index (κ2) is 18.0. The number of rotatable bonds is 16. The van der Waals surface area contributed by atoms with Crippen molar-refractivity contribution in [2.45, 2.75) is 64.8 Å². The van der Waals surface area contributed by atoms with Gasteiger partial charge in [0.1, 0.15) is 6.04 Å². The lowest BCUT2D eigenvalue weighted by Crippen LogP contribution is -2.55. The third-order valence-corrected chi connectivity index (χ3v) is 7.69. The normalized spacial score (nSPS) is 13.2. The monoisotopic (exact) mass is 667 g/mol. The van der Waals surface area contributed by atoms with Gasteiger partial charge < -0.3 is 26.6 Å². The molecule has 48 heavy (non-hydrogen) atoms. The van der Waals surface area contributed by atoms with Gasteiger partial charge in [-0.05, 0) is 74.1 Å². The molecule has 0 aliphatic rings. The van der Waals surface area contributed by atoms with Crippen molar-refractivity contribution in [2.24, 2.45) is 5.92 Å². The minimum Gasteiger partial charge on any atom is -0.355 e.